The van der Waals surface area contributed by atoms with Crippen molar-refractivity contribution in [3.05, 3.63) is 30.3 Å². The quantitative estimate of drug-likeness (QED) is 0.771. The van der Waals surface area contributed by atoms with Gasteiger partial charge in [-0.3, -0.25) is 4.84 Å². The highest BCUT2D eigenvalue weighted by atomic mass is 35.5. The van der Waals surface area contributed by atoms with Crippen molar-refractivity contribution in [1.29, 1.82) is 0 Å². The normalized spacial score (nSPS) is 16.4. The Morgan fingerprint density at radius 1 is 1.14 bits per heavy atom. The maximum absolute atomic E-state index is 5.81. The van der Waals surface area contributed by atoms with Crippen molar-refractivity contribution in [2.24, 2.45) is 21.5 Å². The molecule has 0 unspecified atom stereocenters. The van der Waals surface area contributed by atoms with Crippen molar-refractivity contribution >= 4 is 24.3 Å². The highest BCUT2D eigenvalue weighted by Crippen LogP contribution is 2.19. The van der Waals surface area contributed by atoms with E-state index in [4.69, 9.17) is 21.0 Å². The van der Waals surface area contributed by atoms with Crippen LogP contribution in [0, 0.1) is 0 Å². The Labute approximate surface area is 136 Å². The van der Waals surface area contributed by atoms with Gasteiger partial charge in [0.1, 0.15) is 5.75 Å². The zero-order valence-electron chi connectivity index (χ0n) is 12.7. The van der Waals surface area contributed by atoms with E-state index >= 15 is 0 Å². The van der Waals surface area contributed by atoms with Crippen LogP contribution >= 0.6 is 12.4 Å². The second kappa shape index (κ2) is 7.86. The van der Waals surface area contributed by atoms with E-state index < -0.39 is 5.66 Å². The number of para-hydroxylation sites is 1. The van der Waals surface area contributed by atoms with Crippen LogP contribution in [0.15, 0.2) is 40.3 Å². The van der Waals surface area contributed by atoms with Crippen molar-refractivity contribution in [2.45, 2.75) is 25.9 Å². The summed E-state index contributed by atoms with van der Waals surface area (Å²) in [6.07, 6.45) is 0.716. The van der Waals surface area contributed by atoms with Crippen molar-refractivity contribution in [3.8, 4) is 5.75 Å². The highest BCUT2D eigenvalue weighted by Gasteiger charge is 2.32. The summed E-state index contributed by atoms with van der Waals surface area (Å²) in [6, 6.07) is 9.64. The summed E-state index contributed by atoms with van der Waals surface area (Å²) in [5.74, 6) is 1.20. The minimum atomic E-state index is -0.670. The molecule has 4 N–H and O–H groups in total. The summed E-state index contributed by atoms with van der Waals surface area (Å²) < 4.78 is 5.58. The summed E-state index contributed by atoms with van der Waals surface area (Å²) in [4.78, 5) is 13.7. The lowest BCUT2D eigenvalue weighted by molar-refractivity contribution is -0.158. The van der Waals surface area contributed by atoms with E-state index in [1.54, 1.807) is 0 Å². The van der Waals surface area contributed by atoms with Gasteiger partial charge in [-0.15, -0.1) is 12.4 Å². The van der Waals surface area contributed by atoms with E-state index in [1.165, 1.54) is 5.06 Å². The molecule has 0 radical (unpaired) electrons. The average Bonchev–Trinajstić information content (AvgIpc) is 2.41. The van der Waals surface area contributed by atoms with Crippen LogP contribution in [0.4, 0.5) is 0 Å². The lowest BCUT2D eigenvalue weighted by atomic mass is 10.2. The largest absolute Gasteiger partial charge is 0.494 e. The first-order valence-corrected chi connectivity index (χ1v) is 6.79. The van der Waals surface area contributed by atoms with Gasteiger partial charge in [-0.2, -0.15) is 10.1 Å². The zero-order valence-corrected chi connectivity index (χ0v) is 13.5. The topological polar surface area (TPSA) is 98.5 Å². The van der Waals surface area contributed by atoms with Gasteiger partial charge in [-0.25, -0.2) is 4.99 Å². The second-order valence-electron chi connectivity index (χ2n) is 5.08. The number of ether oxygens (including phenoxy) is 1. The van der Waals surface area contributed by atoms with Gasteiger partial charge >= 0.3 is 0 Å². The summed E-state index contributed by atoms with van der Waals surface area (Å²) in [7, 11) is 0. The highest BCUT2D eigenvalue weighted by molar-refractivity contribution is 5.95. The number of hydrogen-bond acceptors (Lipinski definition) is 7. The number of rotatable bonds is 6. The predicted octanol–water partition coefficient (Wildman–Crippen LogP) is 1.49. The molecular formula is C14H22ClN5O2. The molecule has 7 nitrogen and oxygen atoms in total. The van der Waals surface area contributed by atoms with Gasteiger partial charge in [0.15, 0.2) is 5.66 Å². The summed E-state index contributed by atoms with van der Waals surface area (Å²) in [6.45, 7) is 4.70. The summed E-state index contributed by atoms with van der Waals surface area (Å²) >= 11 is 0. The SMILES string of the molecule is CC1(C)N=C(N)N=C(N)N1OCCCOc1ccccc1.Cl. The van der Waals surface area contributed by atoms with E-state index in [0.29, 0.717) is 19.6 Å². The summed E-state index contributed by atoms with van der Waals surface area (Å²) in [5, 5.41) is 1.46. The predicted molar refractivity (Wildman–Crippen MR) is 88.9 cm³/mol. The number of hydrogen-bond donors (Lipinski definition) is 2. The number of guanidine groups is 2. The molecule has 1 aliphatic heterocycles. The van der Waals surface area contributed by atoms with Crippen molar-refractivity contribution < 1.29 is 9.57 Å². The number of halogens is 1. The molecule has 0 spiro atoms. The van der Waals surface area contributed by atoms with E-state index in [0.717, 1.165) is 5.75 Å². The number of aliphatic imine (C=N–C) groups is 2. The summed E-state index contributed by atoms with van der Waals surface area (Å²) in [5.41, 5.74) is 10.7. The molecule has 0 saturated carbocycles. The molecule has 122 valence electrons. The molecule has 0 amide bonds. The molecule has 2 rings (SSSR count). The molecule has 0 bridgehead atoms. The molecule has 0 aliphatic carbocycles. The fourth-order valence-electron chi connectivity index (χ4n) is 1.94. The van der Waals surface area contributed by atoms with Crippen molar-refractivity contribution in [2.75, 3.05) is 13.2 Å². The van der Waals surface area contributed by atoms with Gasteiger partial charge in [-0.05, 0) is 26.0 Å². The Morgan fingerprint density at radius 3 is 2.45 bits per heavy atom. The van der Waals surface area contributed by atoms with Gasteiger partial charge < -0.3 is 16.2 Å². The Bertz CT molecular complexity index is 533. The minimum absolute atomic E-state index is 0. The molecule has 1 heterocycles. The van der Waals surface area contributed by atoms with Crippen LogP contribution in [0.5, 0.6) is 5.75 Å². The Kier molecular flexibility index (Phi) is 6.45. The lowest BCUT2D eigenvalue weighted by Crippen LogP contribution is -2.53. The van der Waals surface area contributed by atoms with E-state index in [2.05, 4.69) is 9.98 Å². The molecule has 22 heavy (non-hydrogen) atoms. The van der Waals surface area contributed by atoms with E-state index in [1.807, 2.05) is 44.2 Å². The van der Waals surface area contributed by atoms with Crippen LogP contribution in [-0.4, -0.2) is 35.9 Å². The Morgan fingerprint density at radius 2 is 1.82 bits per heavy atom. The Hall–Kier alpha value is -1.99. The van der Waals surface area contributed by atoms with Crippen LogP contribution in [0.2, 0.25) is 0 Å². The van der Waals surface area contributed by atoms with Gasteiger partial charge in [-0.1, -0.05) is 18.2 Å². The van der Waals surface area contributed by atoms with Gasteiger partial charge in [0.05, 0.1) is 13.2 Å². The molecule has 1 aromatic carbocycles. The first-order valence-electron chi connectivity index (χ1n) is 6.79. The zero-order chi connectivity index (χ0) is 15.3. The van der Waals surface area contributed by atoms with Crippen LogP contribution in [0.25, 0.3) is 0 Å². The van der Waals surface area contributed by atoms with Crippen LogP contribution in [0.3, 0.4) is 0 Å². The van der Waals surface area contributed by atoms with Gasteiger partial charge in [0.25, 0.3) is 0 Å². The minimum Gasteiger partial charge on any atom is -0.494 e. The molecule has 0 atom stereocenters. The lowest BCUT2D eigenvalue weighted by Gasteiger charge is -2.36. The van der Waals surface area contributed by atoms with E-state index in [9.17, 15) is 0 Å². The fourth-order valence-corrected chi connectivity index (χ4v) is 1.94. The van der Waals surface area contributed by atoms with Crippen LogP contribution < -0.4 is 16.2 Å². The third-order valence-corrected chi connectivity index (χ3v) is 2.84. The van der Waals surface area contributed by atoms with Crippen LogP contribution in [0.1, 0.15) is 20.3 Å². The monoisotopic (exact) mass is 327 g/mol. The average molecular weight is 328 g/mol. The van der Waals surface area contributed by atoms with Gasteiger partial charge in [0, 0.05) is 6.42 Å². The Balaban J connectivity index is 0.00000242. The number of hydroxylamine groups is 2. The molecular weight excluding hydrogens is 306 g/mol. The number of nitrogens with zero attached hydrogens (tertiary/aromatic N) is 3. The maximum Gasteiger partial charge on any atom is 0.226 e. The van der Waals surface area contributed by atoms with Crippen LogP contribution in [-0.2, 0) is 4.84 Å². The first-order chi connectivity index (χ1) is 9.99. The second-order valence-corrected chi connectivity index (χ2v) is 5.08. The molecule has 8 heteroatoms. The number of nitrogens with two attached hydrogens (primary N) is 2. The van der Waals surface area contributed by atoms with Crippen molar-refractivity contribution in [1.82, 2.24) is 5.06 Å². The standard InChI is InChI=1S/C14H21N5O2.ClH/c1-14(2)18-12(15)17-13(16)19(14)21-10-6-9-20-11-7-4-3-5-8-11;/h3-5,7-8H,6,9-10H2,1-2H3,(H4,15,16,17,18);1H. The van der Waals surface area contributed by atoms with Crippen molar-refractivity contribution in [3.63, 3.8) is 0 Å². The third-order valence-electron chi connectivity index (χ3n) is 2.84. The molecule has 1 aliphatic rings. The first kappa shape index (κ1) is 18.1. The third kappa shape index (κ3) is 4.78. The number of benzene rings is 1. The maximum atomic E-state index is 5.81. The fraction of sp³-hybridized carbons (Fsp3) is 0.429. The molecule has 0 aromatic heterocycles. The smallest absolute Gasteiger partial charge is 0.226 e. The molecule has 1 aromatic rings. The van der Waals surface area contributed by atoms with E-state index in [-0.39, 0.29) is 24.3 Å². The molecule has 0 saturated heterocycles. The molecule has 0 fully saturated rings. The van der Waals surface area contributed by atoms with Gasteiger partial charge in [0.2, 0.25) is 11.9 Å².